The maximum atomic E-state index is 2.79. The lowest BCUT2D eigenvalue weighted by atomic mass is 9.48. The normalized spacial score (nSPS) is 14.1. The van der Waals surface area contributed by atoms with Crippen LogP contribution in [0.15, 0.2) is 91.0 Å². The van der Waals surface area contributed by atoms with Crippen molar-refractivity contribution in [1.29, 1.82) is 0 Å². The number of hydrogen-bond donors (Lipinski definition) is 0. The molecule has 0 aliphatic carbocycles. The van der Waals surface area contributed by atoms with Gasteiger partial charge in [-0.15, -0.1) is 0 Å². The number of nitrogens with zero attached hydrogens (tertiary/aromatic N) is 2. The topological polar surface area (TPSA) is 9.86 Å². The second-order valence-corrected chi connectivity index (χ2v) is 18.8. The molecule has 7 aromatic rings. The number of aromatic nitrogens is 2. The van der Waals surface area contributed by atoms with Gasteiger partial charge in [-0.2, -0.15) is 0 Å². The Balaban J connectivity index is 1.67. The summed E-state index contributed by atoms with van der Waals surface area (Å²) in [6.07, 6.45) is 0. The van der Waals surface area contributed by atoms with Crippen LogP contribution in [-0.2, 0) is 21.7 Å². The van der Waals surface area contributed by atoms with Crippen molar-refractivity contribution in [2.45, 2.75) is 105 Å². The number of rotatable bonds is 1. The highest BCUT2D eigenvalue weighted by atomic mass is 15.0. The summed E-state index contributed by atoms with van der Waals surface area (Å²) in [6, 6.07) is 35.2. The Labute approximate surface area is 293 Å². The summed E-state index contributed by atoms with van der Waals surface area (Å²) in [5.41, 5.74) is 14.8. The Morgan fingerprint density at radius 2 is 0.918 bits per heavy atom. The average Bonchev–Trinajstić information content (AvgIpc) is 3.53. The highest BCUT2D eigenvalue weighted by Gasteiger charge is 2.39. The van der Waals surface area contributed by atoms with E-state index >= 15 is 0 Å². The molecule has 0 unspecified atom stereocenters. The van der Waals surface area contributed by atoms with Gasteiger partial charge in [0.25, 0.3) is 0 Å². The van der Waals surface area contributed by atoms with E-state index < -0.39 is 0 Å². The van der Waals surface area contributed by atoms with Crippen LogP contribution in [0, 0.1) is 0 Å². The molecule has 1 aliphatic rings. The molecule has 2 aromatic heterocycles. The zero-order chi connectivity index (χ0) is 35.0. The van der Waals surface area contributed by atoms with Gasteiger partial charge in [0.15, 0.2) is 0 Å². The summed E-state index contributed by atoms with van der Waals surface area (Å²) in [5.74, 6) is 0. The van der Waals surface area contributed by atoms with Crippen molar-refractivity contribution in [3.8, 4) is 5.69 Å². The quantitative estimate of drug-likeness (QED) is 0.158. The lowest BCUT2D eigenvalue weighted by Crippen LogP contribution is -2.53. The second kappa shape index (κ2) is 10.2. The lowest BCUT2D eigenvalue weighted by Gasteiger charge is -2.32. The van der Waals surface area contributed by atoms with Crippen LogP contribution in [0.5, 0.6) is 0 Å². The standard InChI is InChI=1S/C46H51BN2/c1-43(2,3)28-24-32-33-25-29(44(4,5)6)27-35(46(10,11)12)41(33)49(40(32)34(26-28)45(7,8)9)47-36-20-14-16-23-39(36)48-38-22-15-13-18-30(38)31-19-17-21-37(47)42(31)48/h13-27H,1-12H3. The predicted molar refractivity (Wildman–Crippen MR) is 215 cm³/mol. The molecule has 0 bridgehead atoms. The highest BCUT2D eigenvalue weighted by molar-refractivity contribution is 6.88. The minimum Gasteiger partial charge on any atom is -0.375 e. The first-order chi connectivity index (χ1) is 22.9. The van der Waals surface area contributed by atoms with Crippen molar-refractivity contribution < 1.29 is 0 Å². The van der Waals surface area contributed by atoms with Crippen molar-refractivity contribution >= 4 is 61.4 Å². The van der Waals surface area contributed by atoms with Crippen molar-refractivity contribution in [1.82, 2.24) is 9.05 Å². The molecule has 0 radical (unpaired) electrons. The largest absolute Gasteiger partial charge is 0.375 e. The Kier molecular flexibility index (Phi) is 6.63. The monoisotopic (exact) mass is 642 g/mol. The summed E-state index contributed by atoms with van der Waals surface area (Å²) in [6.45, 7) is 28.5. The molecular weight excluding hydrogens is 591 g/mol. The van der Waals surface area contributed by atoms with Crippen LogP contribution in [0.1, 0.15) is 105 Å². The van der Waals surface area contributed by atoms with Crippen LogP contribution in [0.4, 0.5) is 0 Å². The molecule has 1 aliphatic heterocycles. The molecule has 3 heteroatoms. The fourth-order valence-corrected chi connectivity index (χ4v) is 8.46. The molecule has 0 fully saturated rings. The van der Waals surface area contributed by atoms with Gasteiger partial charge in [0, 0.05) is 38.3 Å². The van der Waals surface area contributed by atoms with E-state index in [9.17, 15) is 0 Å². The third kappa shape index (κ3) is 4.68. The summed E-state index contributed by atoms with van der Waals surface area (Å²) >= 11 is 0. The van der Waals surface area contributed by atoms with Crippen molar-refractivity contribution in [2.75, 3.05) is 0 Å². The lowest BCUT2D eigenvalue weighted by molar-refractivity contribution is 0.571. The third-order valence-corrected chi connectivity index (χ3v) is 11.1. The number of hydrogen-bond acceptors (Lipinski definition) is 0. The van der Waals surface area contributed by atoms with Gasteiger partial charge >= 0.3 is 6.85 Å². The van der Waals surface area contributed by atoms with Gasteiger partial charge in [0.1, 0.15) is 0 Å². The van der Waals surface area contributed by atoms with Gasteiger partial charge in [0.05, 0.1) is 11.0 Å². The van der Waals surface area contributed by atoms with E-state index in [-0.39, 0.29) is 28.5 Å². The van der Waals surface area contributed by atoms with E-state index in [1.807, 2.05) is 0 Å². The molecule has 8 rings (SSSR count). The summed E-state index contributed by atoms with van der Waals surface area (Å²) < 4.78 is 5.32. The smallest absolute Gasteiger partial charge is 0.332 e. The Morgan fingerprint density at radius 1 is 0.429 bits per heavy atom. The van der Waals surface area contributed by atoms with E-state index in [0.717, 1.165) is 0 Å². The van der Waals surface area contributed by atoms with Crippen molar-refractivity contribution in [3.63, 3.8) is 0 Å². The van der Waals surface area contributed by atoms with E-state index in [4.69, 9.17) is 0 Å². The summed E-state index contributed by atoms with van der Waals surface area (Å²) in [5, 5.41) is 5.39. The van der Waals surface area contributed by atoms with Crippen LogP contribution in [-0.4, -0.2) is 15.9 Å². The molecule has 0 saturated carbocycles. The SMILES string of the molecule is CC(C)(C)c1cc(C(C)(C)C)c2c(c1)c1cc(C(C)(C)C)cc(C(C)(C)C)c1n2B1c2ccccc2-n2c3ccccc3c3cccc1c32. The number of fused-ring (bicyclic) bond motifs is 8. The molecule has 0 spiro atoms. The molecule has 5 aromatic carbocycles. The average molecular weight is 643 g/mol. The first kappa shape index (κ1) is 32.0. The molecule has 3 heterocycles. The Bertz CT molecular complexity index is 2390. The van der Waals surface area contributed by atoms with Crippen LogP contribution >= 0.6 is 0 Å². The molecular formula is C46H51BN2. The fourth-order valence-electron chi connectivity index (χ4n) is 8.46. The maximum Gasteiger partial charge on any atom is 0.332 e. The second-order valence-electron chi connectivity index (χ2n) is 18.8. The Hall–Kier alpha value is -4.24. The molecule has 49 heavy (non-hydrogen) atoms. The third-order valence-electron chi connectivity index (χ3n) is 11.1. The molecule has 2 nitrogen and oxygen atoms in total. The molecule has 0 amide bonds. The number of para-hydroxylation sites is 3. The van der Waals surface area contributed by atoms with Crippen molar-refractivity contribution in [3.05, 3.63) is 113 Å². The van der Waals surface area contributed by atoms with Gasteiger partial charge in [-0.3, -0.25) is 0 Å². The van der Waals surface area contributed by atoms with Crippen LogP contribution in [0.25, 0.3) is 49.3 Å². The molecule has 0 N–H and O–H groups in total. The molecule has 248 valence electrons. The molecule has 0 saturated heterocycles. The minimum atomic E-state index is -0.0739. The zero-order valence-corrected chi connectivity index (χ0v) is 31.6. The summed E-state index contributed by atoms with van der Waals surface area (Å²) in [7, 11) is 0. The number of benzene rings is 5. The van der Waals surface area contributed by atoms with E-state index in [1.54, 1.807) is 0 Å². The predicted octanol–water partition coefficient (Wildman–Crippen LogP) is 11.0. The highest BCUT2D eigenvalue weighted by Crippen LogP contribution is 2.45. The Morgan fingerprint density at radius 3 is 1.47 bits per heavy atom. The summed E-state index contributed by atoms with van der Waals surface area (Å²) in [4.78, 5) is 0. The van der Waals surface area contributed by atoms with Crippen molar-refractivity contribution in [2.24, 2.45) is 0 Å². The van der Waals surface area contributed by atoms with Crippen LogP contribution in [0.3, 0.4) is 0 Å². The van der Waals surface area contributed by atoms with Crippen LogP contribution in [0.2, 0.25) is 0 Å². The van der Waals surface area contributed by atoms with E-state index in [2.05, 4.69) is 183 Å². The molecule has 0 atom stereocenters. The zero-order valence-electron chi connectivity index (χ0n) is 31.6. The first-order valence-electron chi connectivity index (χ1n) is 18.2. The van der Waals surface area contributed by atoms with Gasteiger partial charge in [0.2, 0.25) is 0 Å². The van der Waals surface area contributed by atoms with Gasteiger partial charge in [-0.25, -0.2) is 0 Å². The van der Waals surface area contributed by atoms with Gasteiger partial charge < -0.3 is 9.05 Å². The first-order valence-corrected chi connectivity index (χ1v) is 18.2. The van der Waals surface area contributed by atoms with Gasteiger partial charge in [-0.1, -0.05) is 150 Å². The fraction of sp³-hybridized carbons (Fsp3) is 0.348. The maximum absolute atomic E-state index is 2.79. The van der Waals surface area contributed by atoms with E-state index in [0.29, 0.717) is 0 Å². The van der Waals surface area contributed by atoms with Gasteiger partial charge in [-0.05, 0) is 79.1 Å². The van der Waals surface area contributed by atoms with E-state index in [1.165, 1.54) is 82.5 Å². The minimum absolute atomic E-state index is 0.000106. The van der Waals surface area contributed by atoms with Crippen LogP contribution < -0.4 is 10.9 Å².